The first-order valence-corrected chi connectivity index (χ1v) is 11.6. The van der Waals surface area contributed by atoms with E-state index in [1.165, 1.54) is 19.2 Å². The number of nitro groups is 1. The highest BCUT2D eigenvalue weighted by molar-refractivity contribution is 5.98. The minimum absolute atomic E-state index is 0.0209. The molecule has 1 aliphatic heterocycles. The molecule has 0 amide bonds. The van der Waals surface area contributed by atoms with Gasteiger partial charge in [0.05, 0.1) is 40.9 Å². The zero-order chi connectivity index (χ0) is 26.8. The van der Waals surface area contributed by atoms with Crippen LogP contribution in [0.25, 0.3) is 0 Å². The summed E-state index contributed by atoms with van der Waals surface area (Å²) in [5.74, 6) is -1.27. The van der Waals surface area contributed by atoms with Crippen LogP contribution >= 0.6 is 0 Å². The fraction of sp³-hybridized carbons (Fsp3) is 0.296. The molecule has 192 valence electrons. The third-order valence-corrected chi connectivity index (χ3v) is 5.68. The maximum Gasteiger partial charge on any atom is 0.336 e. The lowest BCUT2D eigenvalue weighted by atomic mass is 9.93. The lowest BCUT2D eigenvalue weighted by molar-refractivity contribution is -0.384. The smallest absolute Gasteiger partial charge is 0.336 e. The predicted octanol–water partition coefficient (Wildman–Crippen LogP) is 4.57. The van der Waals surface area contributed by atoms with Crippen LogP contribution in [-0.2, 0) is 30.4 Å². The fourth-order valence-electron chi connectivity index (χ4n) is 3.98. The van der Waals surface area contributed by atoms with Crippen molar-refractivity contribution in [3.63, 3.8) is 0 Å². The average molecular weight is 506 g/mol. The number of non-ortho nitro benzene ring substituents is 1. The van der Waals surface area contributed by atoms with Crippen LogP contribution in [0, 0.1) is 21.4 Å². The van der Waals surface area contributed by atoms with Crippen LogP contribution in [0.3, 0.4) is 0 Å². The number of esters is 2. The Hall–Kier alpha value is -4.49. The third kappa shape index (κ3) is 6.59. The molecule has 0 radical (unpaired) electrons. The lowest BCUT2D eigenvalue weighted by Gasteiger charge is -2.36. The third-order valence-electron chi connectivity index (χ3n) is 5.68. The van der Waals surface area contributed by atoms with Crippen molar-refractivity contribution in [3.05, 3.63) is 92.8 Å². The maximum absolute atomic E-state index is 13.3. The Morgan fingerprint density at radius 1 is 1.00 bits per heavy atom. The van der Waals surface area contributed by atoms with Gasteiger partial charge in [0, 0.05) is 37.0 Å². The summed E-state index contributed by atoms with van der Waals surface area (Å²) in [7, 11) is 1.48. The van der Waals surface area contributed by atoms with E-state index in [2.05, 4.69) is 0 Å². The van der Waals surface area contributed by atoms with Gasteiger partial charge in [-0.15, -0.1) is 0 Å². The van der Waals surface area contributed by atoms with E-state index in [4.69, 9.17) is 19.5 Å². The van der Waals surface area contributed by atoms with Crippen molar-refractivity contribution in [1.82, 2.24) is 0 Å². The van der Waals surface area contributed by atoms with E-state index in [9.17, 15) is 19.7 Å². The highest BCUT2D eigenvalue weighted by Gasteiger charge is 2.35. The summed E-state index contributed by atoms with van der Waals surface area (Å²) >= 11 is 0. The van der Waals surface area contributed by atoms with Crippen molar-refractivity contribution in [2.45, 2.75) is 32.8 Å². The van der Waals surface area contributed by atoms with Crippen LogP contribution in [0.15, 0.2) is 77.1 Å². The van der Waals surface area contributed by atoms with Gasteiger partial charge in [-0.05, 0) is 24.1 Å². The molecular formula is C27H27N3O7. The summed E-state index contributed by atoms with van der Waals surface area (Å²) in [6, 6.07) is 16.9. The number of anilines is 1. The van der Waals surface area contributed by atoms with Crippen molar-refractivity contribution in [1.29, 1.82) is 5.26 Å². The van der Waals surface area contributed by atoms with Crippen LogP contribution in [0.2, 0.25) is 0 Å². The molecule has 0 bridgehead atoms. The number of carbonyl (C=O) groups excluding carboxylic acids is 2. The number of nitriles is 1. The Bertz CT molecular complexity index is 1250. The zero-order valence-corrected chi connectivity index (χ0v) is 20.6. The number of allylic oxidation sites excluding steroid dienone is 1. The number of nitro benzene ring substituents is 1. The second-order valence-corrected chi connectivity index (χ2v) is 8.03. The van der Waals surface area contributed by atoms with Crippen molar-refractivity contribution in [2.75, 3.05) is 25.2 Å². The molecule has 2 aromatic carbocycles. The topological polar surface area (TPSA) is 132 Å². The monoisotopic (exact) mass is 505 g/mol. The molecule has 1 heterocycles. The van der Waals surface area contributed by atoms with E-state index in [1.54, 1.807) is 17.0 Å². The summed E-state index contributed by atoms with van der Waals surface area (Å²) in [6.45, 7) is 1.81. The van der Waals surface area contributed by atoms with Gasteiger partial charge in [-0.3, -0.25) is 10.1 Å². The Labute approximate surface area is 214 Å². The van der Waals surface area contributed by atoms with Gasteiger partial charge in [-0.1, -0.05) is 37.3 Å². The van der Waals surface area contributed by atoms with Gasteiger partial charge in [0.25, 0.3) is 5.69 Å². The molecule has 1 aliphatic rings. The van der Waals surface area contributed by atoms with Crippen LogP contribution in [0.4, 0.5) is 11.4 Å². The molecule has 0 aliphatic carbocycles. The highest BCUT2D eigenvalue weighted by atomic mass is 16.6. The molecule has 10 nitrogen and oxygen atoms in total. The van der Waals surface area contributed by atoms with E-state index in [-0.39, 0.29) is 49.5 Å². The summed E-state index contributed by atoms with van der Waals surface area (Å²) in [5, 5.41) is 20.0. The fourth-order valence-corrected chi connectivity index (χ4v) is 3.98. The summed E-state index contributed by atoms with van der Waals surface area (Å²) in [5.41, 5.74) is 2.67. The zero-order valence-electron chi connectivity index (χ0n) is 20.6. The van der Waals surface area contributed by atoms with E-state index in [0.717, 1.165) is 5.56 Å². The van der Waals surface area contributed by atoms with Gasteiger partial charge in [0.1, 0.15) is 13.2 Å². The number of benzene rings is 2. The quantitative estimate of drug-likeness (QED) is 0.186. The largest absolute Gasteiger partial charge is 0.461 e. The standard InChI is InChI=1S/C27H27N3O7/c1-3-24-22(26(31)36-15-7-14-28)16-23(27(32)37-17-19-8-5-4-6-9-19)25(18-35-2)29(24)20-10-12-21(13-11-20)30(33)34/h4-6,8-13H,3,7,15-18H2,1-2H3. The number of hydrogen-bond acceptors (Lipinski definition) is 9. The first-order valence-electron chi connectivity index (χ1n) is 11.6. The molecule has 10 heteroatoms. The first kappa shape index (κ1) is 27.1. The van der Waals surface area contributed by atoms with Crippen LogP contribution in [0.5, 0.6) is 0 Å². The number of rotatable bonds is 11. The van der Waals surface area contributed by atoms with Crippen LogP contribution < -0.4 is 4.90 Å². The van der Waals surface area contributed by atoms with Gasteiger partial charge in [-0.25, -0.2) is 9.59 Å². The molecule has 0 fully saturated rings. The van der Waals surface area contributed by atoms with Crippen molar-refractivity contribution >= 4 is 23.3 Å². The number of methoxy groups -OCH3 is 1. The van der Waals surface area contributed by atoms with Crippen LogP contribution in [-0.4, -0.2) is 37.2 Å². The Balaban J connectivity index is 2.07. The normalized spacial score (nSPS) is 13.3. The summed E-state index contributed by atoms with van der Waals surface area (Å²) in [6.07, 6.45) is 0.368. The molecular weight excluding hydrogens is 478 g/mol. The number of ether oxygens (including phenoxy) is 3. The highest BCUT2D eigenvalue weighted by Crippen LogP contribution is 2.38. The molecule has 0 spiro atoms. The van der Waals surface area contributed by atoms with Gasteiger partial charge >= 0.3 is 11.9 Å². The number of hydrogen-bond donors (Lipinski definition) is 0. The Morgan fingerprint density at radius 2 is 1.65 bits per heavy atom. The van der Waals surface area contributed by atoms with E-state index in [0.29, 0.717) is 23.5 Å². The van der Waals surface area contributed by atoms with Gasteiger partial charge in [0.15, 0.2) is 0 Å². The summed E-state index contributed by atoms with van der Waals surface area (Å²) in [4.78, 5) is 38.8. The number of carbonyl (C=O) groups is 2. The van der Waals surface area contributed by atoms with Gasteiger partial charge in [0.2, 0.25) is 0 Å². The molecule has 0 N–H and O–H groups in total. The molecule has 0 saturated carbocycles. The predicted molar refractivity (Wildman–Crippen MR) is 134 cm³/mol. The number of nitrogens with zero attached hydrogens (tertiary/aromatic N) is 3. The van der Waals surface area contributed by atoms with Gasteiger partial charge < -0.3 is 19.1 Å². The first-order chi connectivity index (χ1) is 17.9. The van der Waals surface area contributed by atoms with Crippen LogP contribution in [0.1, 0.15) is 31.7 Å². The van der Waals surface area contributed by atoms with Crippen molar-refractivity contribution in [2.24, 2.45) is 0 Å². The SMILES string of the molecule is CCC1=C(C(=O)OCCC#N)CC(C(=O)OCc2ccccc2)=C(COC)N1c1ccc([N+](=O)[O-])cc1. The minimum Gasteiger partial charge on any atom is -0.461 e. The summed E-state index contributed by atoms with van der Waals surface area (Å²) < 4.78 is 16.3. The molecule has 0 unspecified atom stereocenters. The molecule has 0 atom stereocenters. The van der Waals surface area contributed by atoms with Gasteiger partial charge in [-0.2, -0.15) is 5.26 Å². The van der Waals surface area contributed by atoms with Crippen molar-refractivity contribution in [3.8, 4) is 6.07 Å². The molecule has 0 aromatic heterocycles. The molecule has 0 saturated heterocycles. The molecule has 3 rings (SSSR count). The van der Waals surface area contributed by atoms with E-state index < -0.39 is 16.9 Å². The minimum atomic E-state index is -0.649. The maximum atomic E-state index is 13.3. The second kappa shape index (κ2) is 13.0. The average Bonchev–Trinajstić information content (AvgIpc) is 2.92. The molecule has 37 heavy (non-hydrogen) atoms. The second-order valence-electron chi connectivity index (χ2n) is 8.03. The van der Waals surface area contributed by atoms with Crippen molar-refractivity contribution < 1.29 is 28.7 Å². The Kier molecular flexibility index (Phi) is 9.52. The van der Waals surface area contributed by atoms with E-state index >= 15 is 0 Å². The lowest BCUT2D eigenvalue weighted by Crippen LogP contribution is -2.34. The van der Waals surface area contributed by atoms with E-state index in [1.807, 2.05) is 43.3 Å². The Morgan fingerprint density at radius 3 is 2.24 bits per heavy atom. The molecule has 2 aromatic rings.